The maximum atomic E-state index is 13.3. The van der Waals surface area contributed by atoms with Gasteiger partial charge >= 0.3 is 0 Å². The average Bonchev–Trinajstić information content (AvgIpc) is 3.40. The summed E-state index contributed by atoms with van der Waals surface area (Å²) in [6.07, 6.45) is 5.45. The van der Waals surface area contributed by atoms with E-state index in [9.17, 15) is 14.4 Å². The van der Waals surface area contributed by atoms with Crippen LogP contribution in [0.25, 0.3) is 0 Å². The lowest BCUT2D eigenvalue weighted by Gasteiger charge is -2.37. The third-order valence-corrected chi connectivity index (χ3v) is 6.57. The summed E-state index contributed by atoms with van der Waals surface area (Å²) in [7, 11) is 0. The van der Waals surface area contributed by atoms with Gasteiger partial charge in [-0.05, 0) is 62.1 Å². The Morgan fingerprint density at radius 3 is 2.27 bits per heavy atom. The van der Waals surface area contributed by atoms with Crippen molar-refractivity contribution in [1.82, 2.24) is 0 Å². The number of carbonyl (C=O) groups excluding carboxylic acids is 3. The quantitative estimate of drug-likeness (QED) is 0.475. The predicted octanol–water partition coefficient (Wildman–Crippen LogP) is 2.85. The Morgan fingerprint density at radius 1 is 1.12 bits per heavy atom. The topological polar surface area (TPSA) is 63.7 Å². The Bertz CT molecular complexity index is 837. The lowest BCUT2D eigenvalue weighted by Crippen LogP contribution is -2.40. The molecule has 26 heavy (non-hydrogen) atoms. The third-order valence-electron chi connectivity index (χ3n) is 6.57. The Morgan fingerprint density at radius 2 is 1.73 bits per heavy atom. The molecule has 0 radical (unpaired) electrons. The monoisotopic (exact) mass is 351 g/mol. The van der Waals surface area contributed by atoms with Crippen molar-refractivity contribution in [3.8, 4) is 5.75 Å². The molecule has 5 nitrogen and oxygen atoms in total. The van der Waals surface area contributed by atoms with Crippen molar-refractivity contribution in [2.75, 3.05) is 11.5 Å². The van der Waals surface area contributed by atoms with Gasteiger partial charge in [-0.2, -0.15) is 0 Å². The molecule has 1 aromatic carbocycles. The second-order valence-corrected chi connectivity index (χ2v) is 7.84. The first-order valence-corrected chi connectivity index (χ1v) is 9.36. The maximum Gasteiger partial charge on any atom is 0.238 e. The number of benzene rings is 1. The number of amides is 2. The van der Waals surface area contributed by atoms with Gasteiger partial charge in [0.15, 0.2) is 5.78 Å². The SMILES string of the molecule is CCOc1ccc(C(C)=O)cc1N1C(=O)[C@H]2[C@@H]3C=C[C@H]([C@@H]4C[C@H]34)[C@@H]2C1=O. The van der Waals surface area contributed by atoms with Crippen LogP contribution in [0.5, 0.6) is 5.75 Å². The lowest BCUT2D eigenvalue weighted by molar-refractivity contribution is -0.124. The summed E-state index contributed by atoms with van der Waals surface area (Å²) in [6, 6.07) is 4.98. The van der Waals surface area contributed by atoms with E-state index >= 15 is 0 Å². The normalized spacial score (nSPS) is 36.2. The molecule has 0 aromatic heterocycles. The summed E-state index contributed by atoms with van der Waals surface area (Å²) in [4.78, 5) is 39.7. The minimum atomic E-state index is -0.253. The number of hydrogen-bond donors (Lipinski definition) is 0. The van der Waals surface area contributed by atoms with Crippen LogP contribution >= 0.6 is 0 Å². The van der Waals surface area contributed by atoms with Gasteiger partial charge in [0, 0.05) is 5.56 Å². The summed E-state index contributed by atoms with van der Waals surface area (Å²) < 4.78 is 5.66. The summed E-state index contributed by atoms with van der Waals surface area (Å²) in [5.41, 5.74) is 0.889. The molecule has 2 saturated carbocycles. The first kappa shape index (κ1) is 15.8. The van der Waals surface area contributed by atoms with Crippen LogP contribution < -0.4 is 9.64 Å². The van der Waals surface area contributed by atoms with Crippen molar-refractivity contribution in [2.24, 2.45) is 35.5 Å². The van der Waals surface area contributed by atoms with E-state index in [2.05, 4.69) is 12.2 Å². The van der Waals surface area contributed by atoms with Gasteiger partial charge in [0.25, 0.3) is 0 Å². The van der Waals surface area contributed by atoms with Gasteiger partial charge in [-0.3, -0.25) is 14.4 Å². The highest BCUT2D eigenvalue weighted by atomic mass is 16.5. The van der Waals surface area contributed by atoms with Crippen LogP contribution in [0.15, 0.2) is 30.4 Å². The molecule has 4 aliphatic carbocycles. The van der Waals surface area contributed by atoms with Crippen molar-refractivity contribution in [1.29, 1.82) is 0 Å². The first-order valence-electron chi connectivity index (χ1n) is 9.36. The molecule has 0 unspecified atom stereocenters. The number of hydrogen-bond acceptors (Lipinski definition) is 4. The van der Waals surface area contributed by atoms with E-state index in [0.29, 0.717) is 35.4 Å². The molecule has 3 fully saturated rings. The van der Waals surface area contributed by atoms with Crippen LogP contribution in [0.4, 0.5) is 5.69 Å². The predicted molar refractivity (Wildman–Crippen MR) is 94.8 cm³/mol. The van der Waals surface area contributed by atoms with Crippen LogP contribution in [-0.4, -0.2) is 24.2 Å². The molecule has 1 heterocycles. The smallest absolute Gasteiger partial charge is 0.238 e. The van der Waals surface area contributed by atoms with E-state index in [1.807, 2.05) is 6.92 Å². The highest BCUT2D eigenvalue weighted by Gasteiger charge is 2.67. The second-order valence-electron chi connectivity index (χ2n) is 7.84. The lowest BCUT2D eigenvalue weighted by atomic mass is 9.63. The van der Waals surface area contributed by atoms with Crippen LogP contribution in [0.2, 0.25) is 0 Å². The Hall–Kier alpha value is -2.43. The molecule has 2 amide bonds. The molecule has 6 rings (SSSR count). The second kappa shape index (κ2) is 5.29. The molecular formula is C21H21NO4. The number of imide groups is 1. The van der Waals surface area contributed by atoms with Gasteiger partial charge in [-0.1, -0.05) is 12.2 Å². The van der Waals surface area contributed by atoms with E-state index in [4.69, 9.17) is 4.74 Å². The minimum absolute atomic E-state index is 0.103. The number of rotatable bonds is 4. The Kier molecular flexibility index (Phi) is 3.21. The van der Waals surface area contributed by atoms with Crippen LogP contribution in [0.3, 0.4) is 0 Å². The number of Topliss-reactive ketones (excluding diaryl/α,β-unsaturated/α-hetero) is 1. The molecule has 5 heteroatoms. The largest absolute Gasteiger partial charge is 0.492 e. The van der Waals surface area contributed by atoms with Crippen LogP contribution in [0, 0.1) is 35.5 Å². The van der Waals surface area contributed by atoms with Gasteiger partial charge in [-0.25, -0.2) is 4.90 Å². The van der Waals surface area contributed by atoms with Crippen LogP contribution in [-0.2, 0) is 9.59 Å². The van der Waals surface area contributed by atoms with E-state index < -0.39 is 0 Å². The molecule has 5 aliphatic rings. The first-order chi connectivity index (χ1) is 12.5. The fourth-order valence-electron chi connectivity index (χ4n) is 5.38. The molecular weight excluding hydrogens is 330 g/mol. The zero-order valence-electron chi connectivity index (χ0n) is 14.8. The highest BCUT2D eigenvalue weighted by molar-refractivity contribution is 6.23. The number of ether oxygens (including phenoxy) is 1. The molecule has 0 N–H and O–H groups in total. The van der Waals surface area contributed by atoms with Gasteiger partial charge in [0.1, 0.15) is 5.75 Å². The van der Waals surface area contributed by atoms with Gasteiger partial charge in [-0.15, -0.1) is 0 Å². The number of carbonyl (C=O) groups is 3. The number of allylic oxidation sites excluding steroid dienone is 2. The number of nitrogens with zero attached hydrogens (tertiary/aromatic N) is 1. The molecule has 134 valence electrons. The van der Waals surface area contributed by atoms with E-state index in [1.54, 1.807) is 18.2 Å². The van der Waals surface area contributed by atoms with E-state index in [0.717, 1.165) is 6.42 Å². The molecule has 0 spiro atoms. The van der Waals surface area contributed by atoms with Gasteiger partial charge < -0.3 is 4.74 Å². The van der Waals surface area contributed by atoms with Crippen molar-refractivity contribution >= 4 is 23.3 Å². The standard InChI is InChI=1S/C21H21NO4/c1-3-26-17-7-4-11(10(2)23)8-16(17)22-20(24)18-12-5-6-13(15-9-14(12)15)19(18)21(22)25/h4-8,12-15,18-19H,3,9H2,1-2H3/t12-,13-,14-,15+,18+,19+/m1/s1. The third kappa shape index (κ3) is 1.94. The zero-order valence-corrected chi connectivity index (χ0v) is 14.8. The summed E-state index contributed by atoms with van der Waals surface area (Å²) in [5, 5.41) is 0. The summed E-state index contributed by atoms with van der Waals surface area (Å²) >= 11 is 0. The number of anilines is 1. The van der Waals surface area contributed by atoms with Crippen molar-refractivity contribution in [3.05, 3.63) is 35.9 Å². The number of ketones is 1. The maximum absolute atomic E-state index is 13.3. The summed E-state index contributed by atoms with van der Waals surface area (Å²) in [5.74, 6) is 1.10. The average molecular weight is 351 g/mol. The van der Waals surface area contributed by atoms with Crippen molar-refractivity contribution < 1.29 is 19.1 Å². The summed E-state index contributed by atoms with van der Waals surface area (Å²) in [6.45, 7) is 3.75. The van der Waals surface area contributed by atoms with Gasteiger partial charge in [0.2, 0.25) is 11.8 Å². The fraction of sp³-hybridized carbons (Fsp3) is 0.476. The molecule has 1 saturated heterocycles. The molecule has 6 atom stereocenters. The molecule has 1 aliphatic heterocycles. The van der Waals surface area contributed by atoms with Crippen LogP contribution in [0.1, 0.15) is 30.6 Å². The highest BCUT2D eigenvalue weighted by Crippen LogP contribution is 2.65. The Labute approximate surface area is 152 Å². The molecule has 1 aromatic rings. The Balaban J connectivity index is 1.59. The van der Waals surface area contributed by atoms with Crippen molar-refractivity contribution in [2.45, 2.75) is 20.3 Å². The zero-order chi connectivity index (χ0) is 18.2. The van der Waals surface area contributed by atoms with Crippen molar-refractivity contribution in [3.63, 3.8) is 0 Å². The minimum Gasteiger partial charge on any atom is -0.492 e. The van der Waals surface area contributed by atoms with E-state index in [-0.39, 0.29) is 41.3 Å². The fourth-order valence-corrected chi connectivity index (χ4v) is 5.38. The molecule has 2 bridgehead atoms. The van der Waals surface area contributed by atoms with Gasteiger partial charge in [0.05, 0.1) is 24.1 Å². The van der Waals surface area contributed by atoms with E-state index in [1.165, 1.54) is 11.8 Å².